The Morgan fingerprint density at radius 3 is 2.54 bits per heavy atom. The average molecular weight is 345 g/mol. The minimum absolute atomic E-state index is 0.320. The monoisotopic (exact) mass is 345 g/mol. The summed E-state index contributed by atoms with van der Waals surface area (Å²) in [4.78, 5) is 11.0. The number of nitrogens with one attached hydrogen (secondary N) is 1. The van der Waals surface area contributed by atoms with Gasteiger partial charge in [-0.1, -0.05) is 12.1 Å². The molecule has 3 N–H and O–H groups in total. The predicted octanol–water partition coefficient (Wildman–Crippen LogP) is 1.37. The van der Waals surface area contributed by atoms with Crippen LogP contribution in [0.15, 0.2) is 35.5 Å². The molecule has 8 nitrogen and oxygen atoms in total. The van der Waals surface area contributed by atoms with Crippen molar-refractivity contribution in [2.24, 2.45) is 5.14 Å². The van der Waals surface area contributed by atoms with Gasteiger partial charge >= 0.3 is 0 Å². The van der Waals surface area contributed by atoms with Crippen molar-refractivity contribution in [2.75, 3.05) is 19.0 Å². The van der Waals surface area contributed by atoms with Crippen molar-refractivity contribution in [3.8, 4) is 0 Å². The Balaban J connectivity index is 2.06. The van der Waals surface area contributed by atoms with Gasteiger partial charge in [-0.05, 0) is 24.6 Å². The molecule has 1 unspecified atom stereocenters. The van der Waals surface area contributed by atoms with Gasteiger partial charge in [0.25, 0.3) is 5.78 Å². The molecular weight excluding hydrogens is 326 g/mol. The summed E-state index contributed by atoms with van der Waals surface area (Å²) < 4.78 is 20.7. The predicted molar refractivity (Wildman–Crippen MR) is 92.4 cm³/mol. The maximum atomic E-state index is 11.6. The number of rotatable bonds is 4. The Morgan fingerprint density at radius 1 is 1.29 bits per heavy atom. The maximum absolute atomic E-state index is 11.6. The number of nitrogens with two attached hydrogens (primary N) is 1. The zero-order valence-corrected chi connectivity index (χ0v) is 14.5. The van der Waals surface area contributed by atoms with Gasteiger partial charge in [0.15, 0.2) is 0 Å². The molecule has 0 amide bonds. The van der Waals surface area contributed by atoms with Gasteiger partial charge < -0.3 is 4.90 Å². The summed E-state index contributed by atoms with van der Waals surface area (Å²) in [5.41, 5.74) is 2.92. The van der Waals surface area contributed by atoms with Crippen LogP contribution in [0.1, 0.15) is 16.8 Å². The zero-order chi connectivity index (χ0) is 17.5. The number of aryl methyl sites for hydroxylation is 1. The first-order chi connectivity index (χ1) is 11.3. The second kappa shape index (κ2) is 5.84. The molecule has 0 aliphatic rings. The van der Waals surface area contributed by atoms with E-state index in [2.05, 4.69) is 15.1 Å². The largest absolute Gasteiger partial charge is 0.362 e. The standard InChI is InChI=1S/C15H19N7OS/c1-10-13(8-11-4-6-12(7-5-11)24(16,17)23)14(21(2)3)22-15(20-10)18-9-19-22/h4-7,9H,8H2,1-3H3,(H3,16,17,23). The lowest BCUT2D eigenvalue weighted by atomic mass is 10.0. The van der Waals surface area contributed by atoms with Crippen molar-refractivity contribution >= 4 is 21.5 Å². The molecule has 2 heterocycles. The van der Waals surface area contributed by atoms with Crippen molar-refractivity contribution in [3.63, 3.8) is 0 Å². The highest BCUT2D eigenvalue weighted by atomic mass is 32.2. The van der Waals surface area contributed by atoms with Crippen LogP contribution in [-0.4, -0.2) is 37.9 Å². The molecule has 24 heavy (non-hydrogen) atoms. The van der Waals surface area contributed by atoms with Crippen LogP contribution in [0.25, 0.3) is 5.78 Å². The summed E-state index contributed by atoms with van der Waals surface area (Å²) >= 11 is 0. The minimum atomic E-state index is -3.19. The van der Waals surface area contributed by atoms with Crippen molar-refractivity contribution in [1.82, 2.24) is 19.6 Å². The molecule has 9 heteroatoms. The fourth-order valence-electron chi connectivity index (χ4n) is 2.65. The highest BCUT2D eigenvalue weighted by Gasteiger charge is 2.16. The molecule has 0 spiro atoms. The normalized spacial score (nSPS) is 13.8. The third-order valence-corrected chi connectivity index (χ3v) is 4.76. The van der Waals surface area contributed by atoms with E-state index < -0.39 is 9.92 Å². The van der Waals surface area contributed by atoms with Crippen molar-refractivity contribution in [3.05, 3.63) is 47.4 Å². The molecule has 0 radical (unpaired) electrons. The molecule has 126 valence electrons. The molecule has 0 saturated carbocycles. The van der Waals surface area contributed by atoms with Crippen LogP contribution in [-0.2, 0) is 16.3 Å². The van der Waals surface area contributed by atoms with E-state index in [4.69, 9.17) is 9.92 Å². The molecule has 1 atom stereocenters. The van der Waals surface area contributed by atoms with Gasteiger partial charge in [-0.25, -0.2) is 19.1 Å². The molecule has 0 aliphatic heterocycles. The van der Waals surface area contributed by atoms with Gasteiger partial charge in [-0.3, -0.25) is 0 Å². The van der Waals surface area contributed by atoms with Gasteiger partial charge in [0.1, 0.15) is 22.1 Å². The summed E-state index contributed by atoms with van der Waals surface area (Å²) in [6, 6.07) is 6.94. The smallest absolute Gasteiger partial charge is 0.254 e. The SMILES string of the molecule is Cc1nc2ncnn2c(N(C)C)c1Cc1ccc(S(=N)(N)=O)cc1. The zero-order valence-electron chi connectivity index (χ0n) is 13.7. The van der Waals surface area contributed by atoms with Crippen molar-refractivity contribution < 1.29 is 4.21 Å². The molecule has 0 fully saturated rings. The first kappa shape index (κ1) is 16.3. The summed E-state index contributed by atoms with van der Waals surface area (Å²) in [5, 5.41) is 9.61. The van der Waals surface area contributed by atoms with Crippen molar-refractivity contribution in [2.45, 2.75) is 18.2 Å². The second-order valence-electron chi connectivity index (χ2n) is 5.79. The van der Waals surface area contributed by atoms with Crippen LogP contribution in [0.3, 0.4) is 0 Å². The van der Waals surface area contributed by atoms with Gasteiger partial charge in [0.05, 0.1) is 4.90 Å². The van der Waals surface area contributed by atoms with Crippen LogP contribution < -0.4 is 10.0 Å². The van der Waals surface area contributed by atoms with E-state index in [9.17, 15) is 4.21 Å². The molecule has 0 bridgehead atoms. The topological polar surface area (TPSA) is 113 Å². The van der Waals surface area contributed by atoms with E-state index in [-0.39, 0.29) is 0 Å². The van der Waals surface area contributed by atoms with E-state index in [0.29, 0.717) is 17.1 Å². The van der Waals surface area contributed by atoms with E-state index in [1.165, 1.54) is 6.33 Å². The quantitative estimate of drug-likeness (QED) is 0.741. The molecular formula is C15H19N7OS. The van der Waals surface area contributed by atoms with Crippen LogP contribution >= 0.6 is 0 Å². The third-order valence-electron chi connectivity index (χ3n) is 3.78. The van der Waals surface area contributed by atoms with Crippen LogP contribution in [0.5, 0.6) is 0 Å². The van der Waals surface area contributed by atoms with Crippen molar-refractivity contribution in [1.29, 1.82) is 4.78 Å². The first-order valence-electron chi connectivity index (χ1n) is 7.29. The minimum Gasteiger partial charge on any atom is -0.362 e. The maximum Gasteiger partial charge on any atom is 0.254 e. The molecule has 3 rings (SSSR count). The molecule has 3 aromatic rings. The summed E-state index contributed by atoms with van der Waals surface area (Å²) in [6.45, 7) is 1.95. The van der Waals surface area contributed by atoms with Gasteiger partial charge in [0.2, 0.25) is 0 Å². The summed E-state index contributed by atoms with van der Waals surface area (Å²) in [7, 11) is 0.715. The van der Waals surface area contributed by atoms with E-state index >= 15 is 0 Å². The first-order valence-corrected chi connectivity index (χ1v) is 8.91. The number of hydrogen-bond donors (Lipinski definition) is 2. The lowest BCUT2D eigenvalue weighted by molar-refractivity contribution is 0.676. The third kappa shape index (κ3) is 2.95. The van der Waals surface area contributed by atoms with E-state index in [1.807, 2.05) is 38.1 Å². The lowest BCUT2D eigenvalue weighted by Crippen LogP contribution is -2.18. The Hall–Kier alpha value is -2.52. The highest BCUT2D eigenvalue weighted by Crippen LogP contribution is 2.25. The Labute approximate surface area is 140 Å². The lowest BCUT2D eigenvalue weighted by Gasteiger charge is -2.19. The Morgan fingerprint density at radius 2 is 1.96 bits per heavy atom. The molecule has 2 aromatic heterocycles. The van der Waals surface area contributed by atoms with Crippen LogP contribution in [0.4, 0.5) is 5.82 Å². The number of hydrogen-bond acceptors (Lipinski definition) is 6. The van der Waals surface area contributed by atoms with Gasteiger partial charge in [-0.15, -0.1) is 0 Å². The Kier molecular flexibility index (Phi) is 3.98. The van der Waals surface area contributed by atoms with E-state index in [1.54, 1.807) is 16.6 Å². The number of anilines is 1. The molecule has 1 aromatic carbocycles. The summed E-state index contributed by atoms with van der Waals surface area (Å²) in [6.07, 6.45) is 2.12. The number of benzene rings is 1. The van der Waals surface area contributed by atoms with Crippen LogP contribution in [0.2, 0.25) is 0 Å². The fourth-order valence-corrected chi connectivity index (χ4v) is 3.19. The summed E-state index contributed by atoms with van der Waals surface area (Å²) in [5.74, 6) is 1.48. The Bertz CT molecular complexity index is 991. The number of fused-ring (bicyclic) bond motifs is 1. The van der Waals surface area contributed by atoms with Gasteiger partial charge in [0, 0.05) is 31.8 Å². The average Bonchev–Trinajstić information content (AvgIpc) is 2.94. The van der Waals surface area contributed by atoms with E-state index in [0.717, 1.165) is 22.6 Å². The van der Waals surface area contributed by atoms with Gasteiger partial charge in [-0.2, -0.15) is 14.6 Å². The number of nitrogens with zero attached hydrogens (tertiary/aromatic N) is 5. The highest BCUT2D eigenvalue weighted by molar-refractivity contribution is 7.90. The molecule has 0 saturated heterocycles. The number of aromatic nitrogens is 4. The molecule has 0 aliphatic carbocycles. The van der Waals surface area contributed by atoms with Crippen LogP contribution in [0, 0.1) is 11.7 Å². The fraction of sp³-hybridized carbons (Fsp3) is 0.267. The second-order valence-corrected chi connectivity index (χ2v) is 7.46.